The van der Waals surface area contributed by atoms with Gasteiger partial charge in [0.05, 0.1) is 17.0 Å². The van der Waals surface area contributed by atoms with E-state index in [1.807, 2.05) is 0 Å². The van der Waals surface area contributed by atoms with Crippen molar-refractivity contribution in [1.29, 1.82) is 5.26 Å². The van der Waals surface area contributed by atoms with Crippen LogP contribution in [-0.4, -0.2) is 0 Å². The molecule has 1 aromatic carbocycles. The second-order valence-corrected chi connectivity index (χ2v) is 4.54. The molecule has 1 rings (SSSR count). The molecule has 0 aliphatic heterocycles. The molecule has 4 heteroatoms. The zero-order valence-electron chi connectivity index (χ0n) is 10.1. The largest absolute Gasteiger partial charge is 0.416 e. The number of nitriles is 1. The summed E-state index contributed by atoms with van der Waals surface area (Å²) in [6, 6.07) is 7.10. The Morgan fingerprint density at radius 2 is 1.83 bits per heavy atom. The second-order valence-electron chi connectivity index (χ2n) is 4.54. The number of rotatable bonds is 4. The number of benzene rings is 1. The average Bonchev–Trinajstić information content (AvgIpc) is 2.29. The van der Waals surface area contributed by atoms with Gasteiger partial charge in [-0.15, -0.1) is 6.58 Å². The van der Waals surface area contributed by atoms with Gasteiger partial charge < -0.3 is 0 Å². The Morgan fingerprint density at radius 1 is 1.28 bits per heavy atom. The van der Waals surface area contributed by atoms with E-state index < -0.39 is 17.2 Å². The van der Waals surface area contributed by atoms with Gasteiger partial charge in [-0.2, -0.15) is 18.4 Å². The minimum atomic E-state index is -4.32. The lowest BCUT2D eigenvalue weighted by atomic mass is 9.82. The van der Waals surface area contributed by atoms with E-state index in [4.69, 9.17) is 5.26 Å². The van der Waals surface area contributed by atoms with Crippen LogP contribution in [-0.2, 0) is 12.6 Å². The normalized spacial score (nSPS) is 14.6. The molecule has 0 heterocycles. The van der Waals surface area contributed by atoms with Crippen molar-refractivity contribution in [3.05, 3.63) is 48.0 Å². The maximum atomic E-state index is 12.4. The fourth-order valence-corrected chi connectivity index (χ4v) is 1.74. The third kappa shape index (κ3) is 3.63. The zero-order valence-corrected chi connectivity index (χ0v) is 10.1. The molecule has 0 aliphatic carbocycles. The summed E-state index contributed by atoms with van der Waals surface area (Å²) < 4.78 is 37.1. The summed E-state index contributed by atoms with van der Waals surface area (Å²) in [7, 11) is 0. The SMILES string of the molecule is C=CCC(C)(C#N)Cc1ccc(C(F)(F)F)cc1. The van der Waals surface area contributed by atoms with Crippen LogP contribution in [0.4, 0.5) is 13.2 Å². The Hall–Kier alpha value is -1.76. The van der Waals surface area contributed by atoms with E-state index >= 15 is 0 Å². The van der Waals surface area contributed by atoms with Gasteiger partial charge in [-0.05, 0) is 37.5 Å². The average molecular weight is 253 g/mol. The molecule has 96 valence electrons. The highest BCUT2D eigenvalue weighted by Crippen LogP contribution is 2.31. The molecular weight excluding hydrogens is 239 g/mol. The van der Waals surface area contributed by atoms with Gasteiger partial charge in [-0.25, -0.2) is 0 Å². The van der Waals surface area contributed by atoms with Crippen molar-refractivity contribution in [2.24, 2.45) is 5.41 Å². The van der Waals surface area contributed by atoms with Crippen LogP contribution in [0.5, 0.6) is 0 Å². The number of hydrogen-bond donors (Lipinski definition) is 0. The molecule has 18 heavy (non-hydrogen) atoms. The molecule has 0 spiro atoms. The van der Waals surface area contributed by atoms with E-state index in [2.05, 4.69) is 12.6 Å². The van der Waals surface area contributed by atoms with Crippen LogP contribution in [0, 0.1) is 16.7 Å². The fraction of sp³-hybridized carbons (Fsp3) is 0.357. The molecule has 1 aromatic rings. The Balaban J connectivity index is 2.87. The fourth-order valence-electron chi connectivity index (χ4n) is 1.74. The molecular formula is C14H14F3N. The van der Waals surface area contributed by atoms with E-state index in [1.165, 1.54) is 12.1 Å². The highest BCUT2D eigenvalue weighted by Gasteiger charge is 2.30. The van der Waals surface area contributed by atoms with Crippen LogP contribution in [0.1, 0.15) is 24.5 Å². The highest BCUT2D eigenvalue weighted by atomic mass is 19.4. The first-order valence-electron chi connectivity index (χ1n) is 5.49. The minimum Gasteiger partial charge on any atom is -0.198 e. The molecule has 0 bridgehead atoms. The summed E-state index contributed by atoms with van der Waals surface area (Å²) in [5, 5.41) is 9.08. The molecule has 1 nitrogen and oxygen atoms in total. The van der Waals surface area contributed by atoms with Crippen LogP contribution < -0.4 is 0 Å². The predicted molar refractivity (Wildman–Crippen MR) is 63.7 cm³/mol. The van der Waals surface area contributed by atoms with Gasteiger partial charge in [-0.3, -0.25) is 0 Å². The third-order valence-corrected chi connectivity index (χ3v) is 2.74. The monoisotopic (exact) mass is 253 g/mol. The molecule has 1 unspecified atom stereocenters. The van der Waals surface area contributed by atoms with E-state index in [1.54, 1.807) is 13.0 Å². The number of allylic oxidation sites excluding steroid dienone is 1. The van der Waals surface area contributed by atoms with Crippen LogP contribution in [0.15, 0.2) is 36.9 Å². The van der Waals surface area contributed by atoms with Crippen LogP contribution in [0.3, 0.4) is 0 Å². The first kappa shape index (κ1) is 14.3. The van der Waals surface area contributed by atoms with Crippen molar-refractivity contribution in [2.75, 3.05) is 0 Å². The van der Waals surface area contributed by atoms with Gasteiger partial charge >= 0.3 is 6.18 Å². The second kappa shape index (κ2) is 5.26. The number of hydrogen-bond acceptors (Lipinski definition) is 1. The summed E-state index contributed by atoms with van der Waals surface area (Å²) in [6.07, 6.45) is -1.76. The Morgan fingerprint density at radius 3 is 2.22 bits per heavy atom. The van der Waals surface area contributed by atoms with Crippen LogP contribution in [0.25, 0.3) is 0 Å². The molecule has 0 aromatic heterocycles. The number of nitrogens with zero attached hydrogens (tertiary/aromatic N) is 1. The van der Waals surface area contributed by atoms with Gasteiger partial charge in [0, 0.05) is 0 Å². The summed E-state index contributed by atoms with van der Waals surface area (Å²) in [6.45, 7) is 5.35. The smallest absolute Gasteiger partial charge is 0.198 e. The van der Waals surface area contributed by atoms with Crippen molar-refractivity contribution in [1.82, 2.24) is 0 Å². The van der Waals surface area contributed by atoms with Crippen LogP contribution in [0.2, 0.25) is 0 Å². The van der Waals surface area contributed by atoms with Crippen molar-refractivity contribution in [3.63, 3.8) is 0 Å². The van der Waals surface area contributed by atoms with Gasteiger partial charge in [0.25, 0.3) is 0 Å². The number of halogens is 3. The topological polar surface area (TPSA) is 23.8 Å². The Labute approximate surface area is 105 Å². The number of alkyl halides is 3. The molecule has 0 fully saturated rings. The minimum absolute atomic E-state index is 0.410. The molecule has 1 atom stereocenters. The molecule has 0 N–H and O–H groups in total. The maximum absolute atomic E-state index is 12.4. The third-order valence-electron chi connectivity index (χ3n) is 2.74. The standard InChI is InChI=1S/C14H14F3N/c1-3-8-13(2,10-18)9-11-4-6-12(7-5-11)14(15,16)17/h3-7H,1,8-9H2,2H3. The predicted octanol–water partition coefficient (Wildman–Crippen LogP) is 4.35. The van der Waals surface area contributed by atoms with Crippen molar-refractivity contribution < 1.29 is 13.2 Å². The Kier molecular flexibility index (Phi) is 4.18. The van der Waals surface area contributed by atoms with Crippen molar-refractivity contribution >= 4 is 0 Å². The highest BCUT2D eigenvalue weighted by molar-refractivity contribution is 5.26. The van der Waals surface area contributed by atoms with E-state index in [0.717, 1.165) is 12.1 Å². The van der Waals surface area contributed by atoms with Gasteiger partial charge in [0.15, 0.2) is 0 Å². The van der Waals surface area contributed by atoms with E-state index in [0.29, 0.717) is 18.4 Å². The zero-order chi connectivity index (χ0) is 13.8. The van der Waals surface area contributed by atoms with Gasteiger partial charge in [0.1, 0.15) is 0 Å². The summed E-state index contributed by atoms with van der Waals surface area (Å²) in [5.74, 6) is 0. The summed E-state index contributed by atoms with van der Waals surface area (Å²) >= 11 is 0. The summed E-state index contributed by atoms with van der Waals surface area (Å²) in [4.78, 5) is 0. The van der Waals surface area contributed by atoms with Crippen molar-refractivity contribution in [2.45, 2.75) is 25.9 Å². The molecule has 0 radical (unpaired) electrons. The lowest BCUT2D eigenvalue weighted by molar-refractivity contribution is -0.137. The molecule has 0 amide bonds. The van der Waals surface area contributed by atoms with Crippen LogP contribution >= 0.6 is 0 Å². The first-order chi connectivity index (χ1) is 8.30. The quantitative estimate of drug-likeness (QED) is 0.731. The molecule has 0 saturated carbocycles. The molecule has 0 saturated heterocycles. The van der Waals surface area contributed by atoms with Gasteiger partial charge in [-0.1, -0.05) is 18.2 Å². The van der Waals surface area contributed by atoms with E-state index in [9.17, 15) is 13.2 Å². The lowest BCUT2D eigenvalue weighted by Gasteiger charge is -2.19. The van der Waals surface area contributed by atoms with Gasteiger partial charge in [0.2, 0.25) is 0 Å². The molecule has 0 aliphatic rings. The van der Waals surface area contributed by atoms with E-state index in [-0.39, 0.29) is 0 Å². The lowest BCUT2D eigenvalue weighted by Crippen LogP contribution is -2.16. The maximum Gasteiger partial charge on any atom is 0.416 e. The Bertz CT molecular complexity index is 453. The summed E-state index contributed by atoms with van der Waals surface area (Å²) in [5.41, 5.74) is -0.580. The first-order valence-corrected chi connectivity index (χ1v) is 5.49. The van der Waals surface area contributed by atoms with Crippen molar-refractivity contribution in [3.8, 4) is 6.07 Å².